The minimum atomic E-state index is -0.324. The molecule has 4 rings (SSSR count). The third-order valence-corrected chi connectivity index (χ3v) is 5.19. The molecule has 1 unspecified atom stereocenters. The third-order valence-electron chi connectivity index (χ3n) is 5.19. The van der Waals surface area contributed by atoms with Gasteiger partial charge in [0.25, 0.3) is 5.91 Å². The van der Waals surface area contributed by atoms with E-state index in [1.54, 1.807) is 0 Å². The number of hydrogen-bond acceptors (Lipinski definition) is 3. The van der Waals surface area contributed by atoms with E-state index in [1.807, 2.05) is 17.0 Å². The van der Waals surface area contributed by atoms with Crippen LogP contribution in [0.25, 0.3) is 0 Å². The third kappa shape index (κ3) is 2.86. The first kappa shape index (κ1) is 15.1. The van der Waals surface area contributed by atoms with E-state index in [2.05, 4.69) is 22.1 Å². The summed E-state index contributed by atoms with van der Waals surface area (Å²) in [6.07, 6.45) is 6.87. The second-order valence-electron chi connectivity index (χ2n) is 6.76. The summed E-state index contributed by atoms with van der Waals surface area (Å²) in [7, 11) is 0. The predicted octanol–water partition coefficient (Wildman–Crippen LogP) is 2.28. The number of aryl methyl sites for hydroxylation is 2. The smallest absolute Gasteiger partial charge is 0.338 e. The van der Waals surface area contributed by atoms with Gasteiger partial charge in [-0.3, -0.25) is 4.79 Å². The van der Waals surface area contributed by atoms with Gasteiger partial charge in [-0.05, 0) is 61.4 Å². The summed E-state index contributed by atoms with van der Waals surface area (Å²) < 4.78 is 0. The molecule has 2 heterocycles. The topological polar surface area (TPSA) is 66.1 Å². The van der Waals surface area contributed by atoms with Gasteiger partial charge < -0.3 is 9.88 Å². The van der Waals surface area contributed by atoms with Crippen molar-refractivity contribution in [1.29, 1.82) is 0 Å². The van der Waals surface area contributed by atoms with Crippen molar-refractivity contribution in [2.24, 2.45) is 0 Å². The summed E-state index contributed by atoms with van der Waals surface area (Å²) in [6, 6.07) is 7.99. The molecular formula is C19H21N3O2. The molecule has 0 radical (unpaired) electrons. The van der Waals surface area contributed by atoms with Crippen LogP contribution in [-0.4, -0.2) is 33.9 Å². The van der Waals surface area contributed by atoms with E-state index in [0.717, 1.165) is 43.5 Å². The van der Waals surface area contributed by atoms with Gasteiger partial charge in [0.05, 0.1) is 0 Å². The van der Waals surface area contributed by atoms with Crippen LogP contribution in [0.3, 0.4) is 0 Å². The second-order valence-corrected chi connectivity index (χ2v) is 6.76. The van der Waals surface area contributed by atoms with Crippen molar-refractivity contribution in [3.63, 3.8) is 0 Å². The van der Waals surface area contributed by atoms with E-state index in [-0.39, 0.29) is 17.5 Å². The number of carbonyl (C=O) groups excluding carboxylic acids is 1. The number of fused-ring (bicyclic) bond motifs is 1. The van der Waals surface area contributed by atoms with Crippen LogP contribution in [0.4, 0.5) is 0 Å². The standard InChI is InChI=1S/C19H21N3O2/c23-18(15-7-6-13-3-1-4-14(13)11-15)22-10-2-5-16(12-22)17-8-9-20-19(24)21-17/h6-9,11,16H,1-5,10,12H2,(H,20,21,24). The summed E-state index contributed by atoms with van der Waals surface area (Å²) in [5.41, 5.74) is 4.06. The Hall–Kier alpha value is -2.43. The van der Waals surface area contributed by atoms with Crippen molar-refractivity contribution >= 4 is 5.91 Å². The molecule has 2 aromatic rings. The van der Waals surface area contributed by atoms with E-state index in [0.29, 0.717) is 6.54 Å². The van der Waals surface area contributed by atoms with Crippen LogP contribution in [0.15, 0.2) is 35.3 Å². The molecule has 124 valence electrons. The molecule has 1 aliphatic carbocycles. The number of rotatable bonds is 2. The number of benzene rings is 1. The number of hydrogen-bond donors (Lipinski definition) is 1. The Morgan fingerprint density at radius 2 is 2.04 bits per heavy atom. The average molecular weight is 323 g/mol. The van der Waals surface area contributed by atoms with Crippen molar-refractivity contribution in [3.8, 4) is 0 Å². The van der Waals surface area contributed by atoms with Gasteiger partial charge in [-0.1, -0.05) is 6.07 Å². The average Bonchev–Trinajstić information content (AvgIpc) is 3.09. The monoisotopic (exact) mass is 323 g/mol. The fraction of sp³-hybridized carbons (Fsp3) is 0.421. The van der Waals surface area contributed by atoms with E-state index in [9.17, 15) is 9.59 Å². The normalized spacial score (nSPS) is 20.0. The minimum Gasteiger partial charge on any atom is -0.338 e. The maximum atomic E-state index is 12.9. The molecule has 1 N–H and O–H groups in total. The zero-order valence-corrected chi connectivity index (χ0v) is 13.6. The Morgan fingerprint density at radius 1 is 1.17 bits per heavy atom. The van der Waals surface area contributed by atoms with E-state index in [1.165, 1.54) is 23.7 Å². The van der Waals surface area contributed by atoms with E-state index in [4.69, 9.17) is 0 Å². The molecule has 24 heavy (non-hydrogen) atoms. The lowest BCUT2D eigenvalue weighted by molar-refractivity contribution is 0.0705. The molecule has 2 aliphatic rings. The number of likely N-dealkylation sites (tertiary alicyclic amines) is 1. The van der Waals surface area contributed by atoms with E-state index < -0.39 is 0 Å². The van der Waals surface area contributed by atoms with Crippen LogP contribution in [0.2, 0.25) is 0 Å². The van der Waals surface area contributed by atoms with Crippen LogP contribution in [0, 0.1) is 0 Å². The lowest BCUT2D eigenvalue weighted by Gasteiger charge is -2.32. The fourth-order valence-electron chi connectivity index (χ4n) is 3.92. The number of carbonyl (C=O) groups is 1. The largest absolute Gasteiger partial charge is 0.345 e. The molecule has 0 bridgehead atoms. The number of piperidine rings is 1. The number of nitrogens with zero attached hydrogens (tertiary/aromatic N) is 2. The summed E-state index contributed by atoms with van der Waals surface area (Å²) >= 11 is 0. The SMILES string of the molecule is O=C(c1ccc2c(c1)CCC2)N1CCCC(c2ccnc(=O)[nH]2)C1. The van der Waals surface area contributed by atoms with Crippen molar-refractivity contribution in [1.82, 2.24) is 14.9 Å². The summed E-state index contributed by atoms with van der Waals surface area (Å²) in [5.74, 6) is 0.277. The molecule has 1 fully saturated rings. The zero-order valence-electron chi connectivity index (χ0n) is 13.6. The molecule has 5 heteroatoms. The first-order valence-electron chi connectivity index (χ1n) is 8.67. The predicted molar refractivity (Wildman–Crippen MR) is 91.2 cm³/mol. The van der Waals surface area contributed by atoms with Crippen LogP contribution in [-0.2, 0) is 12.8 Å². The van der Waals surface area contributed by atoms with Gasteiger partial charge in [-0.2, -0.15) is 0 Å². The molecule has 0 saturated carbocycles. The second kappa shape index (κ2) is 6.23. The maximum Gasteiger partial charge on any atom is 0.345 e. The molecule has 1 aromatic heterocycles. The highest BCUT2D eigenvalue weighted by molar-refractivity contribution is 5.94. The Balaban J connectivity index is 1.53. The maximum absolute atomic E-state index is 12.9. The van der Waals surface area contributed by atoms with Gasteiger partial charge in [0.2, 0.25) is 0 Å². The molecule has 5 nitrogen and oxygen atoms in total. The number of nitrogens with one attached hydrogen (secondary N) is 1. The Kier molecular flexibility index (Phi) is 3.92. The molecule has 1 aliphatic heterocycles. The molecular weight excluding hydrogens is 302 g/mol. The summed E-state index contributed by atoms with van der Waals surface area (Å²) in [5, 5.41) is 0. The Morgan fingerprint density at radius 3 is 2.92 bits per heavy atom. The lowest BCUT2D eigenvalue weighted by atomic mass is 9.94. The minimum absolute atomic E-state index is 0.103. The van der Waals surface area contributed by atoms with Crippen LogP contribution >= 0.6 is 0 Å². The Labute approximate surface area is 140 Å². The van der Waals surface area contributed by atoms with Crippen molar-refractivity contribution in [2.45, 2.75) is 38.0 Å². The quantitative estimate of drug-likeness (QED) is 0.922. The molecule has 1 atom stereocenters. The highest BCUT2D eigenvalue weighted by atomic mass is 16.2. The van der Waals surface area contributed by atoms with Crippen molar-refractivity contribution in [3.05, 3.63) is 63.3 Å². The molecule has 1 amide bonds. The van der Waals surface area contributed by atoms with Gasteiger partial charge in [0.1, 0.15) is 0 Å². The highest BCUT2D eigenvalue weighted by Crippen LogP contribution is 2.27. The lowest BCUT2D eigenvalue weighted by Crippen LogP contribution is -2.39. The highest BCUT2D eigenvalue weighted by Gasteiger charge is 2.26. The van der Waals surface area contributed by atoms with Gasteiger partial charge in [-0.15, -0.1) is 0 Å². The van der Waals surface area contributed by atoms with Gasteiger partial charge in [0, 0.05) is 36.5 Å². The molecule has 1 saturated heterocycles. The van der Waals surface area contributed by atoms with Gasteiger partial charge in [0.15, 0.2) is 0 Å². The zero-order chi connectivity index (χ0) is 16.5. The summed E-state index contributed by atoms with van der Waals surface area (Å²) in [6.45, 7) is 1.43. The number of amides is 1. The number of aromatic amines is 1. The van der Waals surface area contributed by atoms with Crippen LogP contribution in [0.5, 0.6) is 0 Å². The molecule has 0 spiro atoms. The summed E-state index contributed by atoms with van der Waals surface area (Å²) in [4.78, 5) is 32.7. The first-order chi connectivity index (χ1) is 11.7. The van der Waals surface area contributed by atoms with Crippen molar-refractivity contribution in [2.75, 3.05) is 13.1 Å². The van der Waals surface area contributed by atoms with Gasteiger partial charge >= 0.3 is 5.69 Å². The molecule has 1 aromatic carbocycles. The fourth-order valence-corrected chi connectivity index (χ4v) is 3.92. The van der Waals surface area contributed by atoms with Crippen LogP contribution < -0.4 is 5.69 Å². The Bertz CT molecular complexity index is 827. The van der Waals surface area contributed by atoms with Gasteiger partial charge in [-0.25, -0.2) is 9.78 Å². The number of aromatic nitrogens is 2. The van der Waals surface area contributed by atoms with Crippen molar-refractivity contribution < 1.29 is 4.79 Å². The van der Waals surface area contributed by atoms with E-state index >= 15 is 0 Å². The first-order valence-corrected chi connectivity index (χ1v) is 8.67. The number of H-pyrrole nitrogens is 1. The van der Waals surface area contributed by atoms with Crippen LogP contribution in [0.1, 0.15) is 52.4 Å².